The second-order valence-electron chi connectivity index (χ2n) is 7.23. The fraction of sp³-hybridized carbons (Fsp3) is 0.167. The molecule has 3 aromatic carbocycles. The maximum atomic E-state index is 14.7. The Kier molecular flexibility index (Phi) is 5.23. The number of hydrogen-bond acceptors (Lipinski definition) is 4. The van der Waals surface area contributed by atoms with E-state index in [9.17, 15) is 4.39 Å². The Morgan fingerprint density at radius 2 is 1.62 bits per heavy atom. The number of benzene rings is 3. The molecule has 2 N–H and O–H groups in total. The van der Waals surface area contributed by atoms with E-state index >= 15 is 0 Å². The van der Waals surface area contributed by atoms with Crippen molar-refractivity contribution in [2.24, 2.45) is 15.7 Å². The second kappa shape index (κ2) is 7.97. The minimum atomic E-state index is -0.877. The highest BCUT2D eigenvalue weighted by Crippen LogP contribution is 2.33. The van der Waals surface area contributed by atoms with Crippen LogP contribution in [0.2, 0.25) is 0 Å². The van der Waals surface area contributed by atoms with Gasteiger partial charge in [0, 0.05) is 16.7 Å². The van der Waals surface area contributed by atoms with Crippen LogP contribution in [0.25, 0.3) is 0 Å². The maximum absolute atomic E-state index is 14.7. The first-order chi connectivity index (χ1) is 14.0. The number of halogens is 1. The fourth-order valence-corrected chi connectivity index (χ4v) is 3.49. The van der Waals surface area contributed by atoms with Crippen LogP contribution in [-0.4, -0.2) is 24.8 Å². The predicted octanol–water partition coefficient (Wildman–Crippen LogP) is 4.60. The summed E-state index contributed by atoms with van der Waals surface area (Å²) in [6, 6.07) is 24.7. The Morgan fingerprint density at radius 1 is 1.00 bits per heavy atom. The Bertz CT molecular complexity index is 1020. The zero-order chi connectivity index (χ0) is 20.3. The highest BCUT2D eigenvalue weighted by Gasteiger charge is 2.32. The molecular weight excluding hydrogens is 365 g/mol. The molecule has 4 rings (SSSR count). The number of nitrogens with zero attached hydrogens (tertiary/aromatic N) is 2. The minimum Gasteiger partial charge on any atom is -0.386 e. The van der Waals surface area contributed by atoms with Crippen molar-refractivity contribution in [2.45, 2.75) is 12.5 Å². The maximum Gasteiger partial charge on any atom is 0.129 e. The van der Waals surface area contributed by atoms with E-state index in [4.69, 9.17) is 15.5 Å². The average molecular weight is 387 g/mol. The Hall–Kier alpha value is -3.31. The van der Waals surface area contributed by atoms with E-state index in [1.165, 1.54) is 6.07 Å². The van der Waals surface area contributed by atoms with Crippen molar-refractivity contribution in [3.8, 4) is 0 Å². The summed E-state index contributed by atoms with van der Waals surface area (Å²) in [5, 5.41) is 0. The second-order valence-corrected chi connectivity index (χ2v) is 7.23. The lowest BCUT2D eigenvalue weighted by atomic mass is 9.91. The van der Waals surface area contributed by atoms with Crippen LogP contribution in [0.15, 0.2) is 88.8 Å². The van der Waals surface area contributed by atoms with Crippen LogP contribution < -0.4 is 5.73 Å². The summed E-state index contributed by atoms with van der Waals surface area (Å²) < 4.78 is 20.2. The van der Waals surface area contributed by atoms with E-state index in [0.717, 1.165) is 16.8 Å². The van der Waals surface area contributed by atoms with Gasteiger partial charge >= 0.3 is 0 Å². The van der Waals surface area contributed by atoms with Crippen molar-refractivity contribution >= 4 is 17.2 Å². The molecule has 1 aliphatic heterocycles. The van der Waals surface area contributed by atoms with E-state index in [-0.39, 0.29) is 19.0 Å². The predicted molar refractivity (Wildman–Crippen MR) is 114 cm³/mol. The van der Waals surface area contributed by atoms with Crippen molar-refractivity contribution in [3.63, 3.8) is 0 Å². The molecule has 0 fully saturated rings. The number of rotatable bonds is 4. The molecule has 0 amide bonds. The summed E-state index contributed by atoms with van der Waals surface area (Å²) in [6.07, 6.45) is 0. The molecule has 0 spiro atoms. The molecule has 0 aromatic heterocycles. The molecule has 5 heteroatoms. The van der Waals surface area contributed by atoms with E-state index in [1.807, 2.05) is 67.6 Å². The fourth-order valence-electron chi connectivity index (χ4n) is 3.49. The van der Waals surface area contributed by atoms with Gasteiger partial charge in [0.2, 0.25) is 0 Å². The molecule has 0 bridgehead atoms. The van der Waals surface area contributed by atoms with Gasteiger partial charge in [-0.15, -0.1) is 0 Å². The number of aliphatic imine (C=N–C) groups is 2. The molecule has 1 atom stereocenters. The number of nitrogens with two attached hydrogens (primary N) is 1. The quantitative estimate of drug-likeness (QED) is 0.665. The lowest BCUT2D eigenvalue weighted by Crippen LogP contribution is -2.38. The molecule has 0 unspecified atom stereocenters. The first-order valence-electron chi connectivity index (χ1n) is 9.47. The van der Waals surface area contributed by atoms with Gasteiger partial charge in [0.05, 0.1) is 18.0 Å². The zero-order valence-electron chi connectivity index (χ0n) is 16.2. The van der Waals surface area contributed by atoms with Gasteiger partial charge in [-0.2, -0.15) is 0 Å². The topological polar surface area (TPSA) is 60.0 Å². The molecule has 0 saturated heterocycles. The lowest BCUT2D eigenvalue weighted by molar-refractivity contribution is 0.104. The van der Waals surface area contributed by atoms with Gasteiger partial charge in [-0.3, -0.25) is 4.99 Å². The normalized spacial score (nSPS) is 18.8. The van der Waals surface area contributed by atoms with E-state index in [1.54, 1.807) is 12.1 Å². The molecular formula is C24H22FN3O. The van der Waals surface area contributed by atoms with Crippen molar-refractivity contribution < 1.29 is 9.13 Å². The molecule has 146 valence electrons. The lowest BCUT2D eigenvalue weighted by Gasteiger charge is -2.30. The third-order valence-electron chi connectivity index (χ3n) is 4.89. The third kappa shape index (κ3) is 4.10. The summed E-state index contributed by atoms with van der Waals surface area (Å²) in [5.74, 6) is 0.00999. The van der Waals surface area contributed by atoms with E-state index < -0.39 is 5.54 Å². The van der Waals surface area contributed by atoms with Crippen LogP contribution in [0.3, 0.4) is 0 Å². The van der Waals surface area contributed by atoms with Gasteiger partial charge in [0.15, 0.2) is 0 Å². The van der Waals surface area contributed by atoms with Crippen molar-refractivity contribution in [1.29, 1.82) is 0 Å². The van der Waals surface area contributed by atoms with Gasteiger partial charge in [-0.1, -0.05) is 60.7 Å². The third-order valence-corrected chi connectivity index (χ3v) is 4.89. The SMILES string of the molecule is C[C@@]1(c2cc(N=C(c3ccccc3)c3ccccc3)ccc2F)COCC(N)=N1. The van der Waals surface area contributed by atoms with Crippen molar-refractivity contribution in [2.75, 3.05) is 13.2 Å². The highest BCUT2D eigenvalue weighted by atomic mass is 19.1. The van der Waals surface area contributed by atoms with Crippen LogP contribution in [0.5, 0.6) is 0 Å². The molecule has 3 aromatic rings. The summed E-state index contributed by atoms with van der Waals surface area (Å²) in [5.41, 5.74) is 8.81. The Labute approximate surface area is 169 Å². The molecule has 1 heterocycles. The van der Waals surface area contributed by atoms with Crippen LogP contribution in [0, 0.1) is 5.82 Å². The summed E-state index contributed by atoms with van der Waals surface area (Å²) >= 11 is 0. The summed E-state index contributed by atoms with van der Waals surface area (Å²) in [6.45, 7) is 2.35. The number of hydrogen-bond donors (Lipinski definition) is 1. The molecule has 4 nitrogen and oxygen atoms in total. The van der Waals surface area contributed by atoms with Crippen LogP contribution in [0.4, 0.5) is 10.1 Å². The van der Waals surface area contributed by atoms with Crippen molar-refractivity contribution in [3.05, 3.63) is 101 Å². The van der Waals surface area contributed by atoms with Gasteiger partial charge in [0.1, 0.15) is 23.8 Å². The number of ether oxygens (including phenoxy) is 1. The molecule has 0 radical (unpaired) electrons. The van der Waals surface area contributed by atoms with Crippen molar-refractivity contribution in [1.82, 2.24) is 0 Å². The van der Waals surface area contributed by atoms with Gasteiger partial charge in [0.25, 0.3) is 0 Å². The molecule has 1 aliphatic rings. The largest absolute Gasteiger partial charge is 0.386 e. The monoisotopic (exact) mass is 387 g/mol. The smallest absolute Gasteiger partial charge is 0.129 e. The highest BCUT2D eigenvalue weighted by molar-refractivity contribution is 6.13. The number of amidine groups is 1. The Morgan fingerprint density at radius 3 is 2.21 bits per heavy atom. The van der Waals surface area contributed by atoms with E-state index in [0.29, 0.717) is 17.1 Å². The minimum absolute atomic E-state index is 0.265. The Balaban J connectivity index is 1.83. The summed E-state index contributed by atoms with van der Waals surface area (Å²) in [4.78, 5) is 9.34. The first kappa shape index (κ1) is 19.0. The van der Waals surface area contributed by atoms with Gasteiger partial charge in [-0.25, -0.2) is 9.38 Å². The van der Waals surface area contributed by atoms with Crippen LogP contribution in [0.1, 0.15) is 23.6 Å². The van der Waals surface area contributed by atoms with Gasteiger partial charge < -0.3 is 10.5 Å². The molecule has 29 heavy (non-hydrogen) atoms. The van der Waals surface area contributed by atoms with E-state index in [2.05, 4.69) is 4.99 Å². The summed E-state index contributed by atoms with van der Waals surface area (Å²) in [7, 11) is 0. The van der Waals surface area contributed by atoms with Crippen LogP contribution >= 0.6 is 0 Å². The standard InChI is InChI=1S/C24H22FN3O/c1-24(16-29-15-22(26)28-24)20-14-19(12-13-21(20)25)27-23(17-8-4-2-5-9-17)18-10-6-3-7-11-18/h2-14H,15-16H2,1H3,(H2,26,28)/t24-/m0/s1. The zero-order valence-corrected chi connectivity index (χ0v) is 16.2. The van der Waals surface area contributed by atoms with Crippen LogP contribution in [-0.2, 0) is 10.3 Å². The van der Waals surface area contributed by atoms with Gasteiger partial charge in [-0.05, 0) is 25.1 Å². The first-order valence-corrected chi connectivity index (χ1v) is 9.47. The molecule has 0 saturated carbocycles. The molecule has 0 aliphatic carbocycles. The average Bonchev–Trinajstić information content (AvgIpc) is 2.74.